The van der Waals surface area contributed by atoms with Crippen molar-refractivity contribution < 1.29 is 4.74 Å². The molecule has 30 heavy (non-hydrogen) atoms. The van der Waals surface area contributed by atoms with Crippen molar-refractivity contribution in [3.8, 4) is 5.75 Å². The maximum atomic E-state index is 6.49. The van der Waals surface area contributed by atoms with E-state index in [0.717, 1.165) is 56.2 Å². The molecule has 0 bridgehead atoms. The molecule has 1 unspecified atom stereocenters. The normalized spacial score (nSPS) is 19.5. The largest absolute Gasteiger partial charge is 0.487 e. The first-order valence-electron chi connectivity index (χ1n) is 10.9. The van der Waals surface area contributed by atoms with E-state index in [-0.39, 0.29) is 35.6 Å². The third-order valence-corrected chi connectivity index (χ3v) is 6.01. The van der Waals surface area contributed by atoms with Gasteiger partial charge in [-0.2, -0.15) is 0 Å². The van der Waals surface area contributed by atoms with Crippen LogP contribution in [0, 0.1) is 6.92 Å². The number of para-hydroxylation sites is 1. The highest BCUT2D eigenvalue weighted by molar-refractivity contribution is 14.0. The number of ether oxygens (including phenoxy) is 1. The molecule has 0 saturated heterocycles. The maximum Gasteiger partial charge on any atom is 0.191 e. The smallest absolute Gasteiger partial charge is 0.191 e. The van der Waals surface area contributed by atoms with Crippen molar-refractivity contribution in [2.45, 2.75) is 64.0 Å². The van der Waals surface area contributed by atoms with Gasteiger partial charge in [0.25, 0.3) is 0 Å². The first-order valence-corrected chi connectivity index (χ1v) is 10.9. The monoisotopic (exact) mass is 520 g/mol. The number of benzene rings is 1. The van der Waals surface area contributed by atoms with E-state index in [1.807, 2.05) is 13.1 Å². The highest BCUT2D eigenvalue weighted by Gasteiger charge is 2.43. The predicted molar refractivity (Wildman–Crippen MR) is 133 cm³/mol. The molecule has 1 saturated carbocycles. The summed E-state index contributed by atoms with van der Waals surface area (Å²) in [6.07, 6.45) is 8.64. The van der Waals surface area contributed by atoms with Gasteiger partial charge in [0.2, 0.25) is 0 Å². The van der Waals surface area contributed by atoms with E-state index in [4.69, 9.17) is 9.73 Å². The summed E-state index contributed by atoms with van der Waals surface area (Å²) in [5.41, 5.74) is 3.48. The quantitative estimate of drug-likeness (QED) is 0.333. The van der Waals surface area contributed by atoms with Crippen LogP contribution in [0.25, 0.3) is 0 Å². The lowest BCUT2D eigenvalue weighted by molar-refractivity contribution is 0.0396. The summed E-state index contributed by atoms with van der Waals surface area (Å²) < 4.78 is 6.49. The molecular weight excluding hydrogens is 487 g/mol. The fourth-order valence-electron chi connectivity index (χ4n) is 4.50. The van der Waals surface area contributed by atoms with Gasteiger partial charge in [0.15, 0.2) is 5.96 Å². The highest BCUT2D eigenvalue weighted by Crippen LogP contribution is 2.46. The Morgan fingerprint density at radius 1 is 1.20 bits per heavy atom. The van der Waals surface area contributed by atoms with Crippen LogP contribution < -0.4 is 15.4 Å². The van der Waals surface area contributed by atoms with Crippen molar-refractivity contribution >= 4 is 29.9 Å². The molecule has 1 fully saturated rings. The van der Waals surface area contributed by atoms with Crippen LogP contribution >= 0.6 is 24.0 Å². The maximum absolute atomic E-state index is 6.49. The van der Waals surface area contributed by atoms with Crippen LogP contribution in [-0.4, -0.2) is 29.6 Å². The number of halogens is 1. The number of aromatic nitrogens is 1. The van der Waals surface area contributed by atoms with Gasteiger partial charge >= 0.3 is 0 Å². The summed E-state index contributed by atoms with van der Waals surface area (Å²) in [5.74, 6) is 1.90. The van der Waals surface area contributed by atoms with Gasteiger partial charge in [-0.25, -0.2) is 0 Å². The van der Waals surface area contributed by atoms with Gasteiger partial charge in [0, 0.05) is 37.0 Å². The standard InChI is InChI=1S/C24H32N4O.HI/c1-3-25-23(26-15-12-19-11-10-18(2)27-17-19)28-21-16-24(13-6-7-14-24)29-22-9-5-4-8-20(21)22;/h4-5,8-11,17,21H,3,6-7,12-16H2,1-2H3,(H2,25,26,28);1H. The molecule has 0 radical (unpaired) electrons. The van der Waals surface area contributed by atoms with Crippen LogP contribution in [-0.2, 0) is 6.42 Å². The second-order valence-electron chi connectivity index (χ2n) is 8.25. The van der Waals surface area contributed by atoms with Crippen LogP contribution in [0.5, 0.6) is 5.75 Å². The van der Waals surface area contributed by atoms with Crippen LogP contribution in [0.15, 0.2) is 47.6 Å². The van der Waals surface area contributed by atoms with E-state index in [2.05, 4.69) is 58.9 Å². The lowest BCUT2D eigenvalue weighted by Crippen LogP contribution is -2.46. The number of aliphatic imine (C=N–C) groups is 1. The molecule has 0 amide bonds. The minimum absolute atomic E-state index is 0. The molecule has 2 aromatic rings. The molecule has 1 atom stereocenters. The van der Waals surface area contributed by atoms with Crippen LogP contribution in [0.1, 0.15) is 61.9 Å². The fraction of sp³-hybridized carbons (Fsp3) is 0.500. The van der Waals surface area contributed by atoms with Gasteiger partial charge in [0.05, 0.1) is 6.04 Å². The molecule has 5 nitrogen and oxygen atoms in total. The van der Waals surface area contributed by atoms with Gasteiger partial charge in [-0.1, -0.05) is 24.3 Å². The lowest BCUT2D eigenvalue weighted by Gasteiger charge is -2.40. The number of hydrogen-bond acceptors (Lipinski definition) is 3. The van der Waals surface area contributed by atoms with E-state index in [1.165, 1.54) is 24.0 Å². The van der Waals surface area contributed by atoms with Gasteiger partial charge in [-0.15, -0.1) is 24.0 Å². The average molecular weight is 520 g/mol. The van der Waals surface area contributed by atoms with Gasteiger partial charge in [0.1, 0.15) is 11.4 Å². The van der Waals surface area contributed by atoms with Crippen LogP contribution in [0.2, 0.25) is 0 Å². The Labute approximate surface area is 197 Å². The zero-order valence-corrected chi connectivity index (χ0v) is 20.3. The molecule has 6 heteroatoms. The molecule has 2 N–H and O–H groups in total. The number of fused-ring (bicyclic) bond motifs is 1. The summed E-state index contributed by atoms with van der Waals surface area (Å²) in [6.45, 7) is 5.69. The Balaban J connectivity index is 0.00000256. The first-order chi connectivity index (χ1) is 14.2. The zero-order valence-electron chi connectivity index (χ0n) is 18.0. The summed E-state index contributed by atoms with van der Waals surface area (Å²) in [4.78, 5) is 9.22. The number of pyridine rings is 1. The Kier molecular flexibility index (Phi) is 7.97. The second-order valence-corrected chi connectivity index (χ2v) is 8.25. The van der Waals surface area contributed by atoms with Crippen molar-refractivity contribution in [1.82, 2.24) is 15.6 Å². The van der Waals surface area contributed by atoms with Crippen LogP contribution in [0.3, 0.4) is 0 Å². The number of rotatable bonds is 5. The van der Waals surface area contributed by atoms with Gasteiger partial charge < -0.3 is 15.4 Å². The minimum Gasteiger partial charge on any atom is -0.487 e. The molecular formula is C24H33IN4O. The van der Waals surface area contributed by atoms with Crippen molar-refractivity contribution in [3.05, 3.63) is 59.4 Å². The van der Waals surface area contributed by atoms with Crippen molar-refractivity contribution in [2.24, 2.45) is 4.99 Å². The van der Waals surface area contributed by atoms with Crippen molar-refractivity contribution in [3.63, 3.8) is 0 Å². The van der Waals surface area contributed by atoms with E-state index in [0.29, 0.717) is 0 Å². The van der Waals surface area contributed by atoms with E-state index in [9.17, 15) is 0 Å². The molecule has 1 aromatic heterocycles. The predicted octanol–water partition coefficient (Wildman–Crippen LogP) is 4.94. The summed E-state index contributed by atoms with van der Waals surface area (Å²) in [6, 6.07) is 12.9. The third kappa shape index (κ3) is 5.45. The Hall–Kier alpha value is -1.83. The van der Waals surface area contributed by atoms with Crippen molar-refractivity contribution in [1.29, 1.82) is 0 Å². The second kappa shape index (κ2) is 10.5. The van der Waals surface area contributed by atoms with E-state index in [1.54, 1.807) is 0 Å². The molecule has 1 aliphatic carbocycles. The zero-order chi connectivity index (χ0) is 20.1. The molecule has 2 heterocycles. The number of nitrogens with one attached hydrogen (secondary N) is 2. The molecule has 162 valence electrons. The number of nitrogens with zero attached hydrogens (tertiary/aromatic N) is 2. The first kappa shape index (κ1) is 22.8. The topological polar surface area (TPSA) is 58.5 Å². The fourth-order valence-corrected chi connectivity index (χ4v) is 4.50. The van der Waals surface area contributed by atoms with Crippen LogP contribution in [0.4, 0.5) is 0 Å². The lowest BCUT2D eigenvalue weighted by atomic mass is 9.86. The SMILES string of the molecule is CCNC(=NCCc1ccc(C)nc1)NC1CC2(CCCC2)Oc2ccccc21.I. The molecule has 4 rings (SSSR count). The van der Waals surface area contributed by atoms with E-state index >= 15 is 0 Å². The molecule has 2 aliphatic rings. The summed E-state index contributed by atoms with van der Waals surface area (Å²) in [7, 11) is 0. The average Bonchev–Trinajstić information content (AvgIpc) is 3.17. The third-order valence-electron chi connectivity index (χ3n) is 6.01. The summed E-state index contributed by atoms with van der Waals surface area (Å²) >= 11 is 0. The number of aryl methyl sites for hydroxylation is 1. The number of hydrogen-bond donors (Lipinski definition) is 2. The Bertz CT molecular complexity index is 847. The van der Waals surface area contributed by atoms with Gasteiger partial charge in [-0.05, 0) is 63.6 Å². The number of guanidine groups is 1. The Morgan fingerprint density at radius 2 is 2.00 bits per heavy atom. The summed E-state index contributed by atoms with van der Waals surface area (Å²) in [5, 5.41) is 7.12. The van der Waals surface area contributed by atoms with Crippen molar-refractivity contribution in [2.75, 3.05) is 13.1 Å². The van der Waals surface area contributed by atoms with E-state index < -0.39 is 0 Å². The Morgan fingerprint density at radius 3 is 2.73 bits per heavy atom. The minimum atomic E-state index is -0.0170. The highest BCUT2D eigenvalue weighted by atomic mass is 127. The molecule has 1 aliphatic heterocycles. The molecule has 1 spiro atoms. The molecule has 1 aromatic carbocycles. The van der Waals surface area contributed by atoms with Gasteiger partial charge in [-0.3, -0.25) is 9.98 Å².